The van der Waals surface area contributed by atoms with Gasteiger partial charge in [0, 0.05) is 6.07 Å². The topological polar surface area (TPSA) is 58.4 Å². The Morgan fingerprint density at radius 3 is 2.73 bits per heavy atom. The highest BCUT2D eigenvalue weighted by Crippen LogP contribution is 2.10. The second-order valence-electron chi connectivity index (χ2n) is 5.57. The molecule has 5 nitrogen and oxygen atoms in total. The fraction of sp³-hybridized carbons (Fsp3) is 0.412. The highest BCUT2D eigenvalue weighted by atomic mass is 16.5. The highest BCUT2D eigenvalue weighted by molar-refractivity contribution is 5.93. The van der Waals surface area contributed by atoms with Crippen LogP contribution in [-0.4, -0.2) is 35.6 Å². The summed E-state index contributed by atoms with van der Waals surface area (Å²) in [5.74, 6) is 0.311. The van der Waals surface area contributed by atoms with Crippen LogP contribution in [0.4, 0.5) is 5.88 Å². The van der Waals surface area contributed by atoms with Crippen LogP contribution in [0.2, 0.25) is 0 Å². The van der Waals surface area contributed by atoms with Gasteiger partial charge in [0.1, 0.15) is 0 Å². The molecule has 1 aromatic heterocycles. The quantitative estimate of drug-likeness (QED) is 0.854. The van der Waals surface area contributed by atoms with Crippen LogP contribution < -0.4 is 5.32 Å². The third kappa shape index (κ3) is 4.70. The molecule has 2 aromatic rings. The van der Waals surface area contributed by atoms with Crippen molar-refractivity contribution >= 4 is 11.8 Å². The summed E-state index contributed by atoms with van der Waals surface area (Å²) in [6.07, 6.45) is 2.03. The van der Waals surface area contributed by atoms with Gasteiger partial charge in [-0.05, 0) is 45.8 Å². The highest BCUT2D eigenvalue weighted by Gasteiger charge is 2.19. The summed E-state index contributed by atoms with van der Waals surface area (Å²) in [5.41, 5.74) is 2.07. The Hall–Kier alpha value is -2.14. The second-order valence-corrected chi connectivity index (χ2v) is 5.57. The van der Waals surface area contributed by atoms with Gasteiger partial charge in [0.15, 0.2) is 0 Å². The summed E-state index contributed by atoms with van der Waals surface area (Å²) in [6.45, 7) is 4.57. The monoisotopic (exact) mass is 301 g/mol. The number of hydrogen-bond donors (Lipinski definition) is 1. The molecule has 0 bridgehead atoms. The fourth-order valence-electron chi connectivity index (χ4n) is 2.22. The van der Waals surface area contributed by atoms with Gasteiger partial charge in [-0.3, -0.25) is 15.0 Å². The van der Waals surface area contributed by atoms with Crippen molar-refractivity contribution < 1.29 is 9.32 Å². The molecule has 22 heavy (non-hydrogen) atoms. The van der Waals surface area contributed by atoms with Crippen LogP contribution >= 0.6 is 0 Å². The smallest absolute Gasteiger partial charge is 0.243 e. The van der Waals surface area contributed by atoms with E-state index in [0.717, 1.165) is 25.1 Å². The first-order valence-electron chi connectivity index (χ1n) is 7.54. The molecule has 0 radical (unpaired) electrons. The van der Waals surface area contributed by atoms with E-state index in [9.17, 15) is 4.79 Å². The van der Waals surface area contributed by atoms with E-state index in [4.69, 9.17) is 4.52 Å². The number of carbonyl (C=O) groups is 1. The molecule has 5 heteroatoms. The van der Waals surface area contributed by atoms with Crippen LogP contribution in [0.1, 0.15) is 24.6 Å². The van der Waals surface area contributed by atoms with Gasteiger partial charge in [-0.25, -0.2) is 0 Å². The number of benzene rings is 1. The first-order chi connectivity index (χ1) is 10.6. The van der Waals surface area contributed by atoms with E-state index in [1.807, 2.05) is 31.9 Å². The van der Waals surface area contributed by atoms with Crippen molar-refractivity contribution in [2.45, 2.75) is 32.7 Å². The SMILES string of the molecule is Cc1cc(NC(=O)[C@H](C)N(C)CCCc2ccccc2)on1. The van der Waals surface area contributed by atoms with Gasteiger partial charge in [0.2, 0.25) is 11.8 Å². The van der Waals surface area contributed by atoms with Crippen LogP contribution in [0.25, 0.3) is 0 Å². The Morgan fingerprint density at radius 2 is 2.09 bits per heavy atom. The van der Waals surface area contributed by atoms with Gasteiger partial charge < -0.3 is 4.52 Å². The number of nitrogens with one attached hydrogen (secondary N) is 1. The van der Waals surface area contributed by atoms with Crippen molar-refractivity contribution in [3.8, 4) is 0 Å². The number of rotatable bonds is 7. The Bertz CT molecular complexity index is 595. The summed E-state index contributed by atoms with van der Waals surface area (Å²) < 4.78 is 5.00. The lowest BCUT2D eigenvalue weighted by molar-refractivity contribution is -0.120. The Balaban J connectivity index is 1.76. The maximum absolute atomic E-state index is 12.2. The van der Waals surface area contributed by atoms with Gasteiger partial charge in [0.05, 0.1) is 11.7 Å². The Labute approximate surface area is 131 Å². The predicted molar refractivity (Wildman–Crippen MR) is 86.7 cm³/mol. The number of aromatic nitrogens is 1. The van der Waals surface area contributed by atoms with Gasteiger partial charge in [-0.1, -0.05) is 35.5 Å². The molecule has 1 aromatic carbocycles. The molecule has 0 spiro atoms. The molecule has 1 heterocycles. The third-order valence-corrected chi connectivity index (χ3v) is 3.73. The second kappa shape index (κ2) is 7.75. The molecule has 0 saturated carbocycles. The summed E-state index contributed by atoms with van der Waals surface area (Å²) in [5, 5.41) is 6.50. The van der Waals surface area contributed by atoms with Crippen LogP contribution in [0.15, 0.2) is 40.9 Å². The average Bonchev–Trinajstić information content (AvgIpc) is 2.92. The van der Waals surface area contributed by atoms with Crippen molar-refractivity contribution in [3.63, 3.8) is 0 Å². The van der Waals surface area contributed by atoms with Gasteiger partial charge >= 0.3 is 0 Å². The lowest BCUT2D eigenvalue weighted by atomic mass is 10.1. The van der Waals surface area contributed by atoms with Crippen molar-refractivity contribution in [3.05, 3.63) is 47.7 Å². The minimum atomic E-state index is -0.221. The molecular weight excluding hydrogens is 278 g/mol. The molecule has 2 rings (SSSR count). The van der Waals surface area contributed by atoms with Crippen molar-refractivity contribution in [1.29, 1.82) is 0 Å². The van der Waals surface area contributed by atoms with Gasteiger partial charge in [-0.2, -0.15) is 0 Å². The predicted octanol–water partition coefficient (Wildman–Crippen LogP) is 2.87. The lowest BCUT2D eigenvalue weighted by Crippen LogP contribution is -2.40. The summed E-state index contributed by atoms with van der Waals surface area (Å²) in [4.78, 5) is 14.2. The first-order valence-corrected chi connectivity index (χ1v) is 7.54. The zero-order valence-electron chi connectivity index (χ0n) is 13.4. The van der Waals surface area contributed by atoms with E-state index in [0.29, 0.717) is 5.88 Å². The molecule has 0 fully saturated rings. The van der Waals surface area contributed by atoms with Crippen molar-refractivity contribution in [1.82, 2.24) is 10.1 Å². The number of nitrogens with zero attached hydrogens (tertiary/aromatic N) is 2. The molecule has 1 N–H and O–H groups in total. The first kappa shape index (κ1) is 16.2. The molecule has 0 aliphatic carbocycles. The maximum Gasteiger partial charge on any atom is 0.243 e. The standard InChI is InChI=1S/C17H23N3O2/c1-13-12-16(22-19-13)18-17(21)14(2)20(3)11-7-10-15-8-5-4-6-9-15/h4-6,8-9,12,14H,7,10-11H2,1-3H3,(H,18,21)/t14-/m0/s1. The Kier molecular flexibility index (Phi) is 5.72. The van der Waals surface area contributed by atoms with Crippen molar-refractivity contribution in [2.24, 2.45) is 0 Å². The number of carbonyl (C=O) groups excluding carboxylic acids is 1. The van der Waals surface area contributed by atoms with E-state index >= 15 is 0 Å². The number of likely N-dealkylation sites (N-methyl/N-ethyl adjacent to an activating group) is 1. The molecule has 0 unspecified atom stereocenters. The maximum atomic E-state index is 12.2. The number of hydrogen-bond acceptors (Lipinski definition) is 4. The van der Waals surface area contributed by atoms with E-state index in [-0.39, 0.29) is 11.9 Å². The van der Waals surface area contributed by atoms with Crippen molar-refractivity contribution in [2.75, 3.05) is 18.9 Å². The number of aryl methyl sites for hydroxylation is 2. The molecule has 0 aliphatic heterocycles. The van der Waals surface area contributed by atoms with Gasteiger partial charge in [0.25, 0.3) is 0 Å². The lowest BCUT2D eigenvalue weighted by Gasteiger charge is -2.23. The van der Waals surface area contributed by atoms with Crippen LogP contribution in [0, 0.1) is 6.92 Å². The normalized spacial score (nSPS) is 12.4. The average molecular weight is 301 g/mol. The minimum Gasteiger partial charge on any atom is -0.338 e. The Morgan fingerprint density at radius 1 is 1.36 bits per heavy atom. The molecule has 0 aliphatic rings. The fourth-order valence-corrected chi connectivity index (χ4v) is 2.22. The largest absolute Gasteiger partial charge is 0.338 e. The van der Waals surface area contributed by atoms with Crippen LogP contribution in [0.3, 0.4) is 0 Å². The summed E-state index contributed by atoms with van der Waals surface area (Å²) >= 11 is 0. The van der Waals surface area contributed by atoms with Crippen LogP contribution in [0.5, 0.6) is 0 Å². The van der Waals surface area contributed by atoms with E-state index in [1.165, 1.54) is 5.56 Å². The summed E-state index contributed by atoms with van der Waals surface area (Å²) in [6, 6.07) is 11.9. The van der Waals surface area contributed by atoms with E-state index < -0.39 is 0 Å². The van der Waals surface area contributed by atoms with E-state index in [2.05, 4.69) is 34.7 Å². The zero-order chi connectivity index (χ0) is 15.9. The van der Waals surface area contributed by atoms with Gasteiger partial charge in [-0.15, -0.1) is 0 Å². The number of amides is 1. The third-order valence-electron chi connectivity index (χ3n) is 3.73. The molecule has 0 saturated heterocycles. The minimum absolute atomic E-state index is 0.0849. The van der Waals surface area contributed by atoms with E-state index in [1.54, 1.807) is 6.07 Å². The molecule has 1 amide bonds. The molecule has 1 atom stereocenters. The molecular formula is C17H23N3O2. The molecule has 118 valence electrons. The summed E-state index contributed by atoms with van der Waals surface area (Å²) in [7, 11) is 1.96. The number of anilines is 1. The zero-order valence-corrected chi connectivity index (χ0v) is 13.4. The van der Waals surface area contributed by atoms with Crippen LogP contribution in [-0.2, 0) is 11.2 Å².